The number of hydrogen-bond acceptors (Lipinski definition) is 4. The molecule has 19 heavy (non-hydrogen) atoms. The molecule has 0 amide bonds. The van der Waals surface area contributed by atoms with Crippen LogP contribution in [0.25, 0.3) is 0 Å². The van der Waals surface area contributed by atoms with E-state index in [0.29, 0.717) is 25.1 Å². The van der Waals surface area contributed by atoms with Crippen LogP contribution in [0.4, 0.5) is 4.39 Å². The molecule has 0 fully saturated rings. The maximum absolute atomic E-state index is 14.0. The van der Waals surface area contributed by atoms with Crippen LogP contribution in [-0.4, -0.2) is 30.8 Å². The zero-order chi connectivity index (χ0) is 14.3. The van der Waals surface area contributed by atoms with Crippen LogP contribution in [0, 0.1) is 5.82 Å². The van der Waals surface area contributed by atoms with Gasteiger partial charge in [0, 0.05) is 31.8 Å². The van der Waals surface area contributed by atoms with Crippen molar-refractivity contribution in [3.05, 3.63) is 23.6 Å². The monoisotopic (exact) mass is 270 g/mol. The fraction of sp³-hybridized carbons (Fsp3) is 0.643. The summed E-state index contributed by atoms with van der Waals surface area (Å²) in [6.45, 7) is 7.53. The smallest absolute Gasteiger partial charge is 0.250 e. The van der Waals surface area contributed by atoms with Crippen molar-refractivity contribution in [2.45, 2.75) is 39.3 Å². The Morgan fingerprint density at radius 2 is 2.16 bits per heavy atom. The average Bonchev–Trinajstić information content (AvgIpc) is 2.39. The van der Waals surface area contributed by atoms with E-state index in [0.717, 1.165) is 6.54 Å². The minimum atomic E-state index is -0.390. The number of nitrogens with zero attached hydrogens (tertiary/aromatic N) is 1. The lowest BCUT2D eigenvalue weighted by Gasteiger charge is -2.22. The molecule has 0 aliphatic heterocycles. The first kappa shape index (κ1) is 15.9. The van der Waals surface area contributed by atoms with E-state index in [4.69, 9.17) is 9.47 Å². The lowest BCUT2D eigenvalue weighted by molar-refractivity contribution is 0.00471. The zero-order valence-corrected chi connectivity index (χ0v) is 12.1. The van der Waals surface area contributed by atoms with Gasteiger partial charge in [-0.1, -0.05) is 6.92 Å². The van der Waals surface area contributed by atoms with Gasteiger partial charge in [-0.15, -0.1) is 0 Å². The lowest BCUT2D eigenvalue weighted by Crippen LogP contribution is -2.25. The molecule has 0 unspecified atom stereocenters. The van der Waals surface area contributed by atoms with Crippen LogP contribution < -0.4 is 10.1 Å². The quantitative estimate of drug-likeness (QED) is 0.788. The number of halogens is 1. The van der Waals surface area contributed by atoms with E-state index < -0.39 is 5.82 Å². The van der Waals surface area contributed by atoms with Crippen molar-refractivity contribution < 1.29 is 13.9 Å². The summed E-state index contributed by atoms with van der Waals surface area (Å²) in [4.78, 5) is 3.93. The fourth-order valence-corrected chi connectivity index (χ4v) is 1.45. The van der Waals surface area contributed by atoms with Crippen molar-refractivity contribution in [2.75, 3.05) is 20.3 Å². The fourth-order valence-electron chi connectivity index (χ4n) is 1.45. The molecular formula is C14H23FN2O2. The Morgan fingerprint density at radius 1 is 1.42 bits per heavy atom. The van der Waals surface area contributed by atoms with Gasteiger partial charge in [-0.25, -0.2) is 9.37 Å². The number of ether oxygens (including phenoxy) is 2. The van der Waals surface area contributed by atoms with Crippen LogP contribution in [0.15, 0.2) is 12.3 Å². The minimum absolute atomic E-state index is 0.0577. The Labute approximate surface area is 114 Å². The normalized spacial score (nSPS) is 11.6. The summed E-state index contributed by atoms with van der Waals surface area (Å²) in [5.74, 6) is -0.332. The highest BCUT2D eigenvalue weighted by atomic mass is 19.1. The molecular weight excluding hydrogens is 247 g/mol. The van der Waals surface area contributed by atoms with E-state index in [2.05, 4.69) is 10.3 Å². The van der Waals surface area contributed by atoms with Gasteiger partial charge in [0.2, 0.25) is 0 Å². The summed E-state index contributed by atoms with van der Waals surface area (Å²) in [7, 11) is 1.65. The second-order valence-electron chi connectivity index (χ2n) is 4.93. The van der Waals surface area contributed by atoms with Gasteiger partial charge in [0.15, 0.2) is 5.82 Å². The van der Waals surface area contributed by atoms with E-state index in [1.807, 2.05) is 20.8 Å². The van der Waals surface area contributed by atoms with Crippen LogP contribution in [0.5, 0.6) is 5.88 Å². The molecule has 1 N–H and O–H groups in total. The number of pyridine rings is 1. The molecule has 0 saturated heterocycles. The molecule has 1 aromatic heterocycles. The number of methoxy groups -OCH3 is 1. The number of rotatable bonds is 8. The number of nitrogens with one attached hydrogen (secondary N) is 1. The third kappa shape index (κ3) is 5.12. The Kier molecular flexibility index (Phi) is 6.18. The summed E-state index contributed by atoms with van der Waals surface area (Å²) in [5, 5.41) is 3.08. The standard InChI is InChI=1S/C14H23FN2O2/c1-5-16-10-11-6-8-17-13(12(11)15)19-9-7-14(2,3)18-4/h6,8,16H,5,7,9-10H2,1-4H3. The van der Waals surface area contributed by atoms with Crippen LogP contribution in [0.3, 0.4) is 0 Å². The molecule has 0 bridgehead atoms. The highest BCUT2D eigenvalue weighted by Crippen LogP contribution is 2.19. The predicted octanol–water partition coefficient (Wildman–Crippen LogP) is 2.52. The summed E-state index contributed by atoms with van der Waals surface area (Å²) in [6.07, 6.45) is 2.23. The first-order chi connectivity index (χ1) is 9.00. The van der Waals surface area contributed by atoms with Crippen molar-refractivity contribution in [3.63, 3.8) is 0 Å². The molecule has 4 nitrogen and oxygen atoms in total. The van der Waals surface area contributed by atoms with Crippen molar-refractivity contribution in [1.82, 2.24) is 10.3 Å². The molecule has 0 saturated carbocycles. The Hall–Kier alpha value is -1.20. The molecule has 5 heteroatoms. The van der Waals surface area contributed by atoms with Gasteiger partial charge in [-0.05, 0) is 26.5 Å². The highest BCUT2D eigenvalue weighted by molar-refractivity contribution is 5.23. The first-order valence-electron chi connectivity index (χ1n) is 6.52. The molecule has 0 spiro atoms. The topological polar surface area (TPSA) is 43.4 Å². The van der Waals surface area contributed by atoms with E-state index in [1.165, 1.54) is 0 Å². The van der Waals surface area contributed by atoms with Crippen LogP contribution >= 0.6 is 0 Å². The van der Waals surface area contributed by atoms with Gasteiger partial charge in [0.05, 0.1) is 12.2 Å². The zero-order valence-electron chi connectivity index (χ0n) is 12.1. The SMILES string of the molecule is CCNCc1ccnc(OCCC(C)(C)OC)c1F. The van der Waals surface area contributed by atoms with Gasteiger partial charge < -0.3 is 14.8 Å². The third-order valence-electron chi connectivity index (χ3n) is 3.00. The summed E-state index contributed by atoms with van der Waals surface area (Å²) < 4.78 is 24.7. The minimum Gasteiger partial charge on any atom is -0.475 e. The van der Waals surface area contributed by atoms with Gasteiger partial charge in [0.1, 0.15) is 0 Å². The van der Waals surface area contributed by atoms with E-state index >= 15 is 0 Å². The highest BCUT2D eigenvalue weighted by Gasteiger charge is 2.17. The largest absolute Gasteiger partial charge is 0.475 e. The lowest BCUT2D eigenvalue weighted by atomic mass is 10.1. The van der Waals surface area contributed by atoms with Gasteiger partial charge in [-0.2, -0.15) is 0 Å². The molecule has 0 aliphatic rings. The van der Waals surface area contributed by atoms with Crippen molar-refractivity contribution >= 4 is 0 Å². The van der Waals surface area contributed by atoms with Crippen molar-refractivity contribution in [1.29, 1.82) is 0 Å². The molecule has 1 rings (SSSR count). The maximum Gasteiger partial charge on any atom is 0.250 e. The Morgan fingerprint density at radius 3 is 2.79 bits per heavy atom. The van der Waals surface area contributed by atoms with Crippen molar-refractivity contribution in [2.24, 2.45) is 0 Å². The summed E-state index contributed by atoms with van der Waals surface area (Å²) >= 11 is 0. The average molecular weight is 270 g/mol. The van der Waals surface area contributed by atoms with Gasteiger partial charge >= 0.3 is 0 Å². The van der Waals surface area contributed by atoms with E-state index in [-0.39, 0.29) is 11.5 Å². The Balaban J connectivity index is 2.59. The molecule has 0 radical (unpaired) electrons. The van der Waals surface area contributed by atoms with E-state index in [1.54, 1.807) is 19.4 Å². The third-order valence-corrected chi connectivity index (χ3v) is 3.00. The van der Waals surface area contributed by atoms with Gasteiger partial charge in [0.25, 0.3) is 5.88 Å². The molecule has 1 aromatic rings. The van der Waals surface area contributed by atoms with Crippen LogP contribution in [-0.2, 0) is 11.3 Å². The molecule has 1 heterocycles. The second kappa shape index (κ2) is 7.40. The summed E-state index contributed by atoms with van der Waals surface area (Å²) in [5.41, 5.74) is 0.288. The maximum atomic E-state index is 14.0. The molecule has 108 valence electrons. The Bertz CT molecular complexity index is 397. The first-order valence-corrected chi connectivity index (χ1v) is 6.52. The van der Waals surface area contributed by atoms with Crippen LogP contribution in [0.1, 0.15) is 32.8 Å². The molecule has 0 aliphatic carbocycles. The van der Waals surface area contributed by atoms with E-state index in [9.17, 15) is 4.39 Å². The van der Waals surface area contributed by atoms with Gasteiger partial charge in [-0.3, -0.25) is 0 Å². The number of aromatic nitrogens is 1. The summed E-state index contributed by atoms with van der Waals surface area (Å²) in [6, 6.07) is 1.66. The van der Waals surface area contributed by atoms with Crippen molar-refractivity contribution in [3.8, 4) is 5.88 Å². The molecule has 0 atom stereocenters. The number of hydrogen-bond donors (Lipinski definition) is 1. The molecule has 0 aromatic carbocycles. The van der Waals surface area contributed by atoms with Crippen LogP contribution in [0.2, 0.25) is 0 Å². The second-order valence-corrected chi connectivity index (χ2v) is 4.93. The predicted molar refractivity (Wildman–Crippen MR) is 72.8 cm³/mol.